The molecule has 0 aliphatic heterocycles. The molecule has 0 saturated carbocycles. The Hall–Kier alpha value is -2.31. The van der Waals surface area contributed by atoms with Crippen LogP contribution >= 0.6 is 11.6 Å². The fourth-order valence-corrected chi connectivity index (χ4v) is 2.61. The van der Waals surface area contributed by atoms with Crippen molar-refractivity contribution in [3.8, 4) is 11.5 Å². The summed E-state index contributed by atoms with van der Waals surface area (Å²) in [4.78, 5) is 10.9. The largest absolute Gasteiger partial charge is 0.493 e. The lowest BCUT2D eigenvalue weighted by atomic mass is 10.1. The number of amides is 1. The molecule has 2 rings (SSSR count). The molecule has 0 unspecified atom stereocenters. The summed E-state index contributed by atoms with van der Waals surface area (Å²) in [6.45, 7) is 2.56. The van der Waals surface area contributed by atoms with Crippen LogP contribution in [-0.2, 0) is 17.9 Å². The van der Waals surface area contributed by atoms with Gasteiger partial charge in [0.05, 0.1) is 12.1 Å². The van der Waals surface area contributed by atoms with E-state index in [4.69, 9.17) is 26.8 Å². The van der Waals surface area contributed by atoms with Crippen LogP contribution in [0.3, 0.4) is 0 Å². The van der Waals surface area contributed by atoms with Gasteiger partial charge in [-0.3, -0.25) is 4.79 Å². The summed E-state index contributed by atoms with van der Waals surface area (Å²) in [5, 5.41) is 3.59. The molecule has 2 aromatic rings. The average Bonchev–Trinajstić information content (AvgIpc) is 2.56. The fraction of sp³-hybridized carbons (Fsp3) is 0.278. The van der Waals surface area contributed by atoms with Crippen LogP contribution in [0.25, 0.3) is 0 Å². The summed E-state index contributed by atoms with van der Waals surface area (Å²) in [5.41, 5.74) is 7.55. The molecule has 0 spiro atoms. The Morgan fingerprint density at radius 2 is 1.96 bits per heavy atom. The number of benzene rings is 2. The first-order valence-electron chi connectivity index (χ1n) is 7.64. The van der Waals surface area contributed by atoms with Crippen molar-refractivity contribution in [3.63, 3.8) is 0 Å². The molecule has 0 aliphatic rings. The van der Waals surface area contributed by atoms with E-state index >= 15 is 0 Å². The summed E-state index contributed by atoms with van der Waals surface area (Å²) < 4.78 is 23.8. The van der Waals surface area contributed by atoms with Gasteiger partial charge in [0, 0.05) is 13.1 Å². The lowest BCUT2D eigenvalue weighted by molar-refractivity contribution is -0.119. The minimum atomic E-state index is -0.599. The van der Waals surface area contributed by atoms with Crippen molar-refractivity contribution in [2.24, 2.45) is 5.73 Å². The molecule has 0 aromatic heterocycles. The molecule has 0 heterocycles. The highest BCUT2D eigenvalue weighted by atomic mass is 35.5. The molecular weight excluding hydrogens is 347 g/mol. The summed E-state index contributed by atoms with van der Waals surface area (Å²) in [6.07, 6.45) is 0. The monoisotopic (exact) mass is 366 g/mol. The lowest BCUT2D eigenvalue weighted by Crippen LogP contribution is -2.20. The van der Waals surface area contributed by atoms with Crippen molar-refractivity contribution in [1.29, 1.82) is 0 Å². The molecule has 0 radical (unpaired) electrons. The van der Waals surface area contributed by atoms with E-state index in [1.807, 2.05) is 0 Å². The topological polar surface area (TPSA) is 73.6 Å². The van der Waals surface area contributed by atoms with Gasteiger partial charge in [-0.2, -0.15) is 0 Å². The van der Waals surface area contributed by atoms with Gasteiger partial charge in [-0.15, -0.1) is 0 Å². The van der Waals surface area contributed by atoms with Gasteiger partial charge in [0.1, 0.15) is 5.82 Å². The van der Waals surface area contributed by atoms with Crippen LogP contribution in [0.5, 0.6) is 11.5 Å². The number of carbonyl (C=O) groups excluding carboxylic acids is 1. The van der Waals surface area contributed by atoms with Gasteiger partial charge < -0.3 is 20.5 Å². The third-order valence-electron chi connectivity index (χ3n) is 3.53. The van der Waals surface area contributed by atoms with Crippen LogP contribution in [0, 0.1) is 12.7 Å². The van der Waals surface area contributed by atoms with Gasteiger partial charge in [-0.05, 0) is 41.8 Å². The zero-order chi connectivity index (χ0) is 18.4. The first kappa shape index (κ1) is 19.0. The molecule has 2 aromatic carbocycles. The van der Waals surface area contributed by atoms with E-state index in [0.29, 0.717) is 29.4 Å². The van der Waals surface area contributed by atoms with Crippen LogP contribution in [-0.4, -0.2) is 19.6 Å². The van der Waals surface area contributed by atoms with Crippen molar-refractivity contribution in [3.05, 3.63) is 57.9 Å². The smallest absolute Gasteiger partial charge is 0.255 e. The second-order valence-corrected chi connectivity index (χ2v) is 5.96. The summed E-state index contributed by atoms with van der Waals surface area (Å²) in [5.74, 6) is -0.116. The molecule has 0 atom stereocenters. The number of nitrogens with two attached hydrogens (primary N) is 1. The summed E-state index contributed by atoms with van der Waals surface area (Å²) in [6, 6.07) is 8.49. The van der Waals surface area contributed by atoms with Crippen LogP contribution in [0.1, 0.15) is 16.7 Å². The molecule has 0 bridgehead atoms. The van der Waals surface area contributed by atoms with E-state index < -0.39 is 5.91 Å². The number of methoxy groups -OCH3 is 1. The van der Waals surface area contributed by atoms with Crippen molar-refractivity contribution >= 4 is 17.5 Å². The molecule has 0 aliphatic carbocycles. The number of primary amides is 1. The standard InChI is InChI=1S/C18H20ClFN2O3/c1-11-5-12(3-4-15(11)20)8-22-9-13-6-14(19)18(16(7-13)24-2)25-10-17(21)23/h3-7,22H,8-10H2,1-2H3,(H2,21,23). The molecule has 25 heavy (non-hydrogen) atoms. The highest BCUT2D eigenvalue weighted by Gasteiger charge is 2.13. The molecule has 1 amide bonds. The Kier molecular flexibility index (Phi) is 6.61. The molecule has 3 N–H and O–H groups in total. The van der Waals surface area contributed by atoms with Crippen LogP contribution in [0.2, 0.25) is 5.02 Å². The Labute approximate surface area is 150 Å². The second kappa shape index (κ2) is 8.69. The van der Waals surface area contributed by atoms with Crippen LogP contribution < -0.4 is 20.5 Å². The third kappa shape index (κ3) is 5.34. The number of ether oxygens (including phenoxy) is 2. The number of hydrogen-bond acceptors (Lipinski definition) is 4. The number of nitrogens with one attached hydrogen (secondary N) is 1. The summed E-state index contributed by atoms with van der Waals surface area (Å²) in [7, 11) is 1.49. The van der Waals surface area contributed by atoms with Gasteiger partial charge in [0.2, 0.25) is 0 Å². The van der Waals surface area contributed by atoms with Crippen molar-refractivity contribution in [2.75, 3.05) is 13.7 Å². The Balaban J connectivity index is 2.03. The Morgan fingerprint density at radius 3 is 2.60 bits per heavy atom. The van der Waals surface area contributed by atoms with Crippen LogP contribution in [0.4, 0.5) is 4.39 Å². The normalized spacial score (nSPS) is 10.6. The second-order valence-electron chi connectivity index (χ2n) is 5.55. The number of hydrogen-bond donors (Lipinski definition) is 2. The first-order chi connectivity index (χ1) is 11.9. The van der Waals surface area contributed by atoms with Crippen molar-refractivity contribution < 1.29 is 18.7 Å². The van der Waals surface area contributed by atoms with Gasteiger partial charge >= 0.3 is 0 Å². The molecular formula is C18H20ClFN2O3. The first-order valence-corrected chi connectivity index (χ1v) is 8.01. The van der Waals surface area contributed by atoms with E-state index in [1.54, 1.807) is 31.2 Å². The number of rotatable bonds is 8. The van der Waals surface area contributed by atoms with E-state index in [-0.39, 0.29) is 18.2 Å². The molecule has 0 saturated heterocycles. The van der Waals surface area contributed by atoms with Crippen LogP contribution in [0.15, 0.2) is 30.3 Å². The van der Waals surface area contributed by atoms with E-state index in [9.17, 15) is 9.18 Å². The number of carbonyl (C=O) groups is 1. The molecule has 7 heteroatoms. The number of aryl methyl sites for hydroxylation is 1. The predicted molar refractivity (Wildman–Crippen MR) is 94.4 cm³/mol. The zero-order valence-electron chi connectivity index (χ0n) is 14.1. The van der Waals surface area contributed by atoms with Gasteiger partial charge in [0.15, 0.2) is 18.1 Å². The Morgan fingerprint density at radius 1 is 1.24 bits per heavy atom. The molecule has 134 valence electrons. The quantitative estimate of drug-likeness (QED) is 0.753. The average molecular weight is 367 g/mol. The lowest BCUT2D eigenvalue weighted by Gasteiger charge is -2.14. The predicted octanol–water partition coefficient (Wildman–Crippen LogP) is 2.95. The maximum absolute atomic E-state index is 13.3. The summed E-state index contributed by atoms with van der Waals surface area (Å²) >= 11 is 6.20. The zero-order valence-corrected chi connectivity index (χ0v) is 14.8. The van der Waals surface area contributed by atoms with Crippen molar-refractivity contribution in [2.45, 2.75) is 20.0 Å². The highest BCUT2D eigenvalue weighted by molar-refractivity contribution is 6.32. The van der Waals surface area contributed by atoms with Gasteiger partial charge in [-0.25, -0.2) is 4.39 Å². The Bertz CT molecular complexity index is 768. The van der Waals surface area contributed by atoms with E-state index in [2.05, 4.69) is 5.32 Å². The maximum Gasteiger partial charge on any atom is 0.255 e. The minimum Gasteiger partial charge on any atom is -0.493 e. The van der Waals surface area contributed by atoms with Gasteiger partial charge in [0.25, 0.3) is 5.91 Å². The SMILES string of the molecule is COc1cc(CNCc2ccc(F)c(C)c2)cc(Cl)c1OCC(N)=O. The highest BCUT2D eigenvalue weighted by Crippen LogP contribution is 2.36. The van der Waals surface area contributed by atoms with E-state index in [1.165, 1.54) is 13.2 Å². The fourth-order valence-electron chi connectivity index (χ4n) is 2.33. The molecule has 0 fully saturated rings. The maximum atomic E-state index is 13.3. The number of halogens is 2. The molecule has 5 nitrogen and oxygen atoms in total. The van der Waals surface area contributed by atoms with Crippen molar-refractivity contribution in [1.82, 2.24) is 5.32 Å². The van der Waals surface area contributed by atoms with Gasteiger partial charge in [-0.1, -0.05) is 23.7 Å². The van der Waals surface area contributed by atoms with E-state index in [0.717, 1.165) is 11.1 Å². The third-order valence-corrected chi connectivity index (χ3v) is 3.81. The minimum absolute atomic E-state index is 0.216.